The maximum absolute atomic E-state index is 13.3. The summed E-state index contributed by atoms with van der Waals surface area (Å²) in [7, 11) is -3.79. The van der Waals surface area contributed by atoms with Crippen LogP contribution in [0.1, 0.15) is 19.4 Å². The first-order valence-electron chi connectivity index (χ1n) is 7.99. The van der Waals surface area contributed by atoms with E-state index in [0.717, 1.165) is 5.56 Å². The number of hydrogen-bond acceptors (Lipinski definition) is 6. The minimum Gasteiger partial charge on any atom is -0.425 e. The van der Waals surface area contributed by atoms with Gasteiger partial charge in [-0.2, -0.15) is 0 Å². The van der Waals surface area contributed by atoms with Gasteiger partial charge in [-0.15, -0.1) is 0 Å². The fourth-order valence-corrected chi connectivity index (χ4v) is 4.22. The predicted octanol–water partition coefficient (Wildman–Crippen LogP) is 3.68. The number of hydrogen-bond donors (Lipinski definition) is 0. The fourth-order valence-electron chi connectivity index (χ4n) is 2.50. The molecule has 7 heteroatoms. The van der Waals surface area contributed by atoms with Crippen molar-refractivity contribution in [1.29, 1.82) is 0 Å². The van der Waals surface area contributed by atoms with Crippen LogP contribution in [0, 0.1) is 0 Å². The molecule has 0 N–H and O–H groups in total. The third-order valence-corrected chi connectivity index (χ3v) is 5.57. The van der Waals surface area contributed by atoms with E-state index in [1.807, 2.05) is 13.0 Å². The largest absolute Gasteiger partial charge is 0.431 e. The monoisotopic (exact) mass is 359 g/mol. The quantitative estimate of drug-likeness (QED) is 0.625. The molecule has 0 radical (unpaired) electrons. The van der Waals surface area contributed by atoms with Gasteiger partial charge in [-0.25, -0.2) is 9.55 Å². The van der Waals surface area contributed by atoms with Crippen molar-refractivity contribution >= 4 is 24.0 Å². The van der Waals surface area contributed by atoms with Gasteiger partial charge in [0, 0.05) is 6.20 Å². The molecular formula is C18H18NO5P. The van der Waals surface area contributed by atoms with Crippen LogP contribution >= 0.6 is 7.60 Å². The molecule has 0 saturated heterocycles. The van der Waals surface area contributed by atoms with Crippen LogP contribution in [-0.2, 0) is 15.5 Å². The maximum atomic E-state index is 13.3. The molecule has 0 aliphatic carbocycles. The standard InChI is InChI=1S/C18H18NO5P/c1-3-13-8-7-11-19-18(13)25(21,22-4-2)24-17-12-15(20)14-9-5-6-10-16(14)23-17/h5-12H,3-4H2,1-2H3. The van der Waals surface area contributed by atoms with Gasteiger partial charge in [-0.05, 0) is 37.1 Å². The lowest BCUT2D eigenvalue weighted by atomic mass is 10.2. The molecule has 0 bridgehead atoms. The molecular weight excluding hydrogens is 341 g/mol. The molecule has 0 aliphatic rings. The summed E-state index contributed by atoms with van der Waals surface area (Å²) in [5.41, 5.74) is 1.05. The van der Waals surface area contributed by atoms with Crippen LogP contribution in [0.4, 0.5) is 0 Å². The summed E-state index contributed by atoms with van der Waals surface area (Å²) in [5, 5.41) is 0.424. The summed E-state index contributed by atoms with van der Waals surface area (Å²) in [4.78, 5) is 16.4. The Hall–Kier alpha value is -2.43. The number of benzene rings is 1. The second-order valence-corrected chi connectivity index (χ2v) is 7.13. The third kappa shape index (κ3) is 3.50. The Kier molecular flexibility index (Phi) is 5.02. The summed E-state index contributed by atoms with van der Waals surface area (Å²) in [6, 6.07) is 11.5. The first-order chi connectivity index (χ1) is 12.1. The van der Waals surface area contributed by atoms with Crippen LogP contribution in [0.3, 0.4) is 0 Å². The van der Waals surface area contributed by atoms with Crippen molar-refractivity contribution in [3.63, 3.8) is 0 Å². The van der Waals surface area contributed by atoms with Crippen LogP contribution < -0.4 is 15.4 Å². The van der Waals surface area contributed by atoms with Gasteiger partial charge >= 0.3 is 7.60 Å². The highest BCUT2D eigenvalue weighted by molar-refractivity contribution is 7.62. The van der Waals surface area contributed by atoms with E-state index in [0.29, 0.717) is 17.4 Å². The molecule has 0 fully saturated rings. The lowest BCUT2D eigenvalue weighted by molar-refractivity contribution is 0.268. The van der Waals surface area contributed by atoms with E-state index in [1.165, 1.54) is 12.3 Å². The molecule has 3 rings (SSSR count). The second-order valence-electron chi connectivity index (χ2n) is 5.27. The maximum Gasteiger partial charge on any atom is 0.431 e. The van der Waals surface area contributed by atoms with E-state index in [2.05, 4.69) is 4.98 Å². The topological polar surface area (TPSA) is 78.6 Å². The molecule has 2 heterocycles. The summed E-state index contributed by atoms with van der Waals surface area (Å²) >= 11 is 0. The van der Waals surface area contributed by atoms with Gasteiger partial charge < -0.3 is 8.94 Å². The van der Waals surface area contributed by atoms with Gasteiger partial charge in [-0.3, -0.25) is 9.32 Å². The van der Waals surface area contributed by atoms with E-state index >= 15 is 0 Å². The Labute approximate surface area is 145 Å². The van der Waals surface area contributed by atoms with Crippen molar-refractivity contribution in [2.45, 2.75) is 20.3 Å². The van der Waals surface area contributed by atoms with Crippen molar-refractivity contribution in [2.24, 2.45) is 0 Å². The molecule has 1 aromatic carbocycles. The highest BCUT2D eigenvalue weighted by Gasteiger charge is 2.34. The normalized spacial score (nSPS) is 13.5. The van der Waals surface area contributed by atoms with Crippen molar-refractivity contribution < 1.29 is 18.0 Å². The molecule has 0 amide bonds. The van der Waals surface area contributed by atoms with Gasteiger partial charge in [0.1, 0.15) is 5.58 Å². The highest BCUT2D eigenvalue weighted by Crippen LogP contribution is 2.47. The average Bonchev–Trinajstić information content (AvgIpc) is 2.62. The van der Waals surface area contributed by atoms with Gasteiger partial charge in [0.15, 0.2) is 10.9 Å². The van der Waals surface area contributed by atoms with E-state index in [4.69, 9.17) is 13.5 Å². The van der Waals surface area contributed by atoms with Crippen LogP contribution in [-0.4, -0.2) is 11.6 Å². The van der Waals surface area contributed by atoms with Crippen molar-refractivity contribution in [3.05, 3.63) is 64.4 Å². The number of nitrogens with zero attached hydrogens (tertiary/aromatic N) is 1. The SMILES string of the molecule is CCOP(=O)(Oc1cc(=O)c2ccccc2o1)c1ncccc1CC. The molecule has 2 aromatic heterocycles. The molecule has 1 unspecified atom stereocenters. The number of rotatable bonds is 6. The van der Waals surface area contributed by atoms with Crippen LogP contribution in [0.5, 0.6) is 5.95 Å². The fraction of sp³-hybridized carbons (Fsp3) is 0.222. The zero-order chi connectivity index (χ0) is 17.9. The summed E-state index contributed by atoms with van der Waals surface area (Å²) in [6.45, 7) is 3.79. The van der Waals surface area contributed by atoms with Crippen LogP contribution in [0.2, 0.25) is 0 Å². The first kappa shape index (κ1) is 17.4. The summed E-state index contributed by atoms with van der Waals surface area (Å²) in [6.07, 6.45) is 2.14. The molecule has 0 saturated carbocycles. The predicted molar refractivity (Wildman–Crippen MR) is 95.6 cm³/mol. The Morgan fingerprint density at radius 3 is 2.72 bits per heavy atom. The van der Waals surface area contributed by atoms with Gasteiger partial charge in [0.25, 0.3) is 5.95 Å². The summed E-state index contributed by atoms with van der Waals surface area (Å²) in [5.74, 6) is -0.159. The number of pyridine rings is 1. The minimum absolute atomic E-state index is 0.159. The van der Waals surface area contributed by atoms with Gasteiger partial charge in [-0.1, -0.05) is 25.1 Å². The smallest absolute Gasteiger partial charge is 0.425 e. The first-order valence-corrected chi connectivity index (χ1v) is 9.53. The van der Waals surface area contributed by atoms with Crippen molar-refractivity contribution in [3.8, 4) is 5.95 Å². The lowest BCUT2D eigenvalue weighted by Crippen LogP contribution is -2.20. The number of fused-ring (bicyclic) bond motifs is 1. The molecule has 3 aromatic rings. The van der Waals surface area contributed by atoms with Crippen LogP contribution in [0.15, 0.2) is 57.9 Å². The van der Waals surface area contributed by atoms with Gasteiger partial charge in [0.05, 0.1) is 18.1 Å². The minimum atomic E-state index is -3.79. The molecule has 0 aliphatic heterocycles. The number of aryl methyl sites for hydroxylation is 1. The average molecular weight is 359 g/mol. The molecule has 25 heavy (non-hydrogen) atoms. The molecule has 130 valence electrons. The zero-order valence-electron chi connectivity index (χ0n) is 14.0. The van der Waals surface area contributed by atoms with E-state index in [9.17, 15) is 9.36 Å². The summed E-state index contributed by atoms with van der Waals surface area (Å²) < 4.78 is 29.9. The Morgan fingerprint density at radius 2 is 1.96 bits per heavy atom. The molecule has 6 nitrogen and oxygen atoms in total. The van der Waals surface area contributed by atoms with Crippen molar-refractivity contribution in [2.75, 3.05) is 6.61 Å². The van der Waals surface area contributed by atoms with E-state index in [-0.39, 0.29) is 23.4 Å². The van der Waals surface area contributed by atoms with Gasteiger partial charge in [0.2, 0.25) is 0 Å². The van der Waals surface area contributed by atoms with Crippen LogP contribution in [0.25, 0.3) is 11.0 Å². The Bertz CT molecular complexity index is 998. The second kappa shape index (κ2) is 7.21. The molecule has 0 spiro atoms. The van der Waals surface area contributed by atoms with E-state index < -0.39 is 7.60 Å². The van der Waals surface area contributed by atoms with Crippen molar-refractivity contribution in [1.82, 2.24) is 4.98 Å². The zero-order valence-corrected chi connectivity index (χ0v) is 14.9. The Balaban J connectivity index is 2.08. The number of para-hydroxylation sites is 1. The van der Waals surface area contributed by atoms with E-state index in [1.54, 1.807) is 37.3 Å². The molecule has 1 atom stereocenters. The number of aromatic nitrogens is 1. The lowest BCUT2D eigenvalue weighted by Gasteiger charge is -2.19. The highest BCUT2D eigenvalue weighted by atomic mass is 31.2. The third-order valence-electron chi connectivity index (χ3n) is 3.63. The Morgan fingerprint density at radius 1 is 1.16 bits per heavy atom.